The van der Waals surface area contributed by atoms with Crippen LogP contribution in [0.5, 0.6) is 0 Å². The van der Waals surface area contributed by atoms with E-state index >= 15 is 0 Å². The molecule has 2 heterocycles. The minimum atomic E-state index is -0.230. The number of nitrogens with zero attached hydrogens (tertiary/aromatic N) is 1. The minimum absolute atomic E-state index is 0.0868. The molecule has 6 nitrogen and oxygen atoms in total. The van der Waals surface area contributed by atoms with Crippen molar-refractivity contribution in [1.82, 2.24) is 4.90 Å². The normalized spacial score (nSPS) is 14.5. The third-order valence-electron chi connectivity index (χ3n) is 4.73. The molecule has 1 aromatic carbocycles. The number of anilines is 1. The van der Waals surface area contributed by atoms with Crippen LogP contribution in [-0.4, -0.2) is 42.4 Å². The van der Waals surface area contributed by atoms with E-state index in [1.165, 1.54) is 11.3 Å². The fourth-order valence-electron chi connectivity index (χ4n) is 3.13. The molecule has 0 radical (unpaired) electrons. The standard InChI is InChI=1S/C21H24N2O4S/c24-18(19-9-5-15-28-19)8-4-14-27-20(25)16-10-12-23(13-11-16)21(26)22-17-6-2-1-3-7-17/h1-3,5-7,9,15-16H,4,8,10-14H2,(H,22,26). The van der Waals surface area contributed by atoms with E-state index in [0.717, 1.165) is 10.6 Å². The van der Waals surface area contributed by atoms with E-state index in [0.29, 0.717) is 38.8 Å². The molecular formula is C21H24N2O4S. The molecule has 28 heavy (non-hydrogen) atoms. The summed E-state index contributed by atoms with van der Waals surface area (Å²) in [7, 11) is 0. The first kappa shape index (κ1) is 20.1. The number of amides is 2. The van der Waals surface area contributed by atoms with Crippen molar-refractivity contribution in [2.24, 2.45) is 5.92 Å². The van der Waals surface area contributed by atoms with Gasteiger partial charge in [0.15, 0.2) is 5.78 Å². The van der Waals surface area contributed by atoms with Crippen molar-refractivity contribution in [2.75, 3.05) is 25.0 Å². The van der Waals surface area contributed by atoms with Crippen LogP contribution in [0.2, 0.25) is 0 Å². The third kappa shape index (κ3) is 5.66. The number of hydrogen-bond donors (Lipinski definition) is 1. The predicted molar refractivity (Wildman–Crippen MR) is 109 cm³/mol. The zero-order valence-corrected chi connectivity index (χ0v) is 16.5. The molecule has 1 saturated heterocycles. The molecule has 0 spiro atoms. The Morgan fingerprint density at radius 1 is 1.07 bits per heavy atom. The predicted octanol–water partition coefficient (Wildman–Crippen LogP) is 4.20. The van der Waals surface area contributed by atoms with Crippen molar-refractivity contribution in [3.8, 4) is 0 Å². The Kier molecular flexibility index (Phi) is 7.19. The number of urea groups is 1. The Labute approximate surface area is 168 Å². The van der Waals surface area contributed by atoms with Crippen LogP contribution in [0.25, 0.3) is 0 Å². The second-order valence-corrected chi connectivity index (χ2v) is 7.68. The van der Waals surface area contributed by atoms with E-state index in [-0.39, 0.29) is 30.3 Å². The van der Waals surface area contributed by atoms with Gasteiger partial charge in [-0.25, -0.2) is 4.79 Å². The first-order valence-corrected chi connectivity index (χ1v) is 10.4. The van der Waals surface area contributed by atoms with E-state index in [9.17, 15) is 14.4 Å². The second-order valence-electron chi connectivity index (χ2n) is 6.73. The minimum Gasteiger partial charge on any atom is -0.465 e. The van der Waals surface area contributed by atoms with Crippen molar-refractivity contribution in [3.63, 3.8) is 0 Å². The summed E-state index contributed by atoms with van der Waals surface area (Å²) in [6.45, 7) is 1.30. The zero-order chi connectivity index (χ0) is 19.8. The molecule has 1 N–H and O–H groups in total. The maximum absolute atomic E-state index is 12.3. The van der Waals surface area contributed by atoms with Crippen LogP contribution in [-0.2, 0) is 9.53 Å². The lowest BCUT2D eigenvalue weighted by Gasteiger charge is -2.31. The number of esters is 1. The average molecular weight is 401 g/mol. The van der Waals surface area contributed by atoms with Crippen molar-refractivity contribution in [2.45, 2.75) is 25.7 Å². The van der Waals surface area contributed by atoms with Gasteiger partial charge in [-0.05, 0) is 42.8 Å². The average Bonchev–Trinajstić information content (AvgIpc) is 3.27. The van der Waals surface area contributed by atoms with Gasteiger partial charge in [-0.15, -0.1) is 11.3 Å². The molecule has 0 atom stereocenters. The van der Waals surface area contributed by atoms with Gasteiger partial charge in [0.2, 0.25) is 0 Å². The zero-order valence-electron chi connectivity index (χ0n) is 15.6. The number of carbonyl (C=O) groups excluding carboxylic acids is 3. The van der Waals surface area contributed by atoms with E-state index in [1.807, 2.05) is 41.8 Å². The van der Waals surface area contributed by atoms with Gasteiger partial charge in [0, 0.05) is 25.2 Å². The van der Waals surface area contributed by atoms with E-state index in [1.54, 1.807) is 11.0 Å². The molecule has 7 heteroatoms. The van der Waals surface area contributed by atoms with Gasteiger partial charge in [-0.2, -0.15) is 0 Å². The molecule has 2 aromatic rings. The number of hydrogen-bond acceptors (Lipinski definition) is 5. The molecule has 3 rings (SSSR count). The van der Waals surface area contributed by atoms with E-state index in [2.05, 4.69) is 5.32 Å². The summed E-state index contributed by atoms with van der Waals surface area (Å²) < 4.78 is 5.33. The van der Waals surface area contributed by atoms with Gasteiger partial charge in [-0.1, -0.05) is 24.3 Å². The van der Waals surface area contributed by atoms with Crippen LogP contribution in [0.4, 0.5) is 10.5 Å². The lowest BCUT2D eigenvalue weighted by atomic mass is 9.97. The van der Waals surface area contributed by atoms with Crippen molar-refractivity contribution in [3.05, 3.63) is 52.7 Å². The summed E-state index contributed by atoms with van der Waals surface area (Å²) in [5.74, 6) is -0.329. The Morgan fingerprint density at radius 3 is 2.50 bits per heavy atom. The van der Waals surface area contributed by atoms with Crippen LogP contribution in [0.1, 0.15) is 35.4 Å². The molecule has 0 unspecified atom stereocenters. The molecular weight excluding hydrogens is 376 g/mol. The number of thiophene rings is 1. The third-order valence-corrected chi connectivity index (χ3v) is 5.64. The molecule has 0 saturated carbocycles. The molecule has 0 aliphatic carbocycles. The van der Waals surface area contributed by atoms with Gasteiger partial charge in [-0.3, -0.25) is 9.59 Å². The molecule has 2 amide bonds. The van der Waals surface area contributed by atoms with Crippen LogP contribution >= 0.6 is 11.3 Å². The number of Topliss-reactive ketones (excluding diaryl/α,β-unsaturated/α-hetero) is 1. The summed E-state index contributed by atoms with van der Waals surface area (Å²) in [5, 5.41) is 4.73. The van der Waals surface area contributed by atoms with Gasteiger partial charge >= 0.3 is 12.0 Å². The number of piperidine rings is 1. The number of carbonyl (C=O) groups is 3. The van der Waals surface area contributed by atoms with E-state index in [4.69, 9.17) is 4.74 Å². The van der Waals surface area contributed by atoms with Gasteiger partial charge in [0.1, 0.15) is 0 Å². The summed E-state index contributed by atoms with van der Waals surface area (Å²) in [6.07, 6.45) is 2.09. The van der Waals surface area contributed by atoms with Crippen LogP contribution < -0.4 is 5.32 Å². The largest absolute Gasteiger partial charge is 0.465 e. The monoisotopic (exact) mass is 400 g/mol. The summed E-state index contributed by atoms with van der Waals surface area (Å²) in [5.41, 5.74) is 0.756. The number of benzene rings is 1. The van der Waals surface area contributed by atoms with Crippen LogP contribution in [0, 0.1) is 5.92 Å². The summed E-state index contributed by atoms with van der Waals surface area (Å²) in [4.78, 5) is 38.9. The summed E-state index contributed by atoms with van der Waals surface area (Å²) in [6, 6.07) is 12.8. The number of nitrogens with one attached hydrogen (secondary N) is 1. The fraction of sp³-hybridized carbons (Fsp3) is 0.381. The second kappa shape index (κ2) is 10.0. The topological polar surface area (TPSA) is 75.7 Å². The van der Waals surface area contributed by atoms with Gasteiger partial charge in [0.25, 0.3) is 0 Å². The molecule has 148 valence electrons. The number of ether oxygens (including phenoxy) is 1. The van der Waals surface area contributed by atoms with Crippen molar-refractivity contribution < 1.29 is 19.1 Å². The molecule has 1 fully saturated rings. The molecule has 0 bridgehead atoms. The van der Waals surface area contributed by atoms with Crippen molar-refractivity contribution >= 4 is 34.8 Å². The number of ketones is 1. The van der Waals surface area contributed by atoms with E-state index < -0.39 is 0 Å². The van der Waals surface area contributed by atoms with Crippen molar-refractivity contribution in [1.29, 1.82) is 0 Å². The first-order valence-electron chi connectivity index (χ1n) is 9.48. The van der Waals surface area contributed by atoms with Crippen LogP contribution in [0.3, 0.4) is 0 Å². The quantitative estimate of drug-likeness (QED) is 0.429. The maximum atomic E-state index is 12.3. The Bertz CT molecular complexity index is 784. The Hall–Kier alpha value is -2.67. The van der Waals surface area contributed by atoms with Gasteiger partial charge in [0.05, 0.1) is 17.4 Å². The molecule has 1 aliphatic heterocycles. The molecule has 1 aliphatic rings. The Morgan fingerprint density at radius 2 is 1.82 bits per heavy atom. The lowest BCUT2D eigenvalue weighted by molar-refractivity contribution is -0.150. The number of para-hydroxylation sites is 1. The maximum Gasteiger partial charge on any atom is 0.321 e. The number of rotatable bonds is 7. The highest BCUT2D eigenvalue weighted by molar-refractivity contribution is 7.12. The smallest absolute Gasteiger partial charge is 0.321 e. The lowest BCUT2D eigenvalue weighted by Crippen LogP contribution is -2.42. The first-order chi connectivity index (χ1) is 13.6. The highest BCUT2D eigenvalue weighted by atomic mass is 32.1. The highest BCUT2D eigenvalue weighted by Crippen LogP contribution is 2.20. The highest BCUT2D eigenvalue weighted by Gasteiger charge is 2.28. The molecule has 1 aromatic heterocycles. The number of likely N-dealkylation sites (tertiary alicyclic amines) is 1. The fourth-order valence-corrected chi connectivity index (χ4v) is 3.82. The Balaban J connectivity index is 1.33. The SMILES string of the molecule is O=C(CCCOC(=O)C1CCN(C(=O)Nc2ccccc2)CC1)c1cccs1. The van der Waals surface area contributed by atoms with Gasteiger partial charge < -0.3 is 15.0 Å². The van der Waals surface area contributed by atoms with Crippen LogP contribution in [0.15, 0.2) is 47.8 Å². The summed E-state index contributed by atoms with van der Waals surface area (Å²) >= 11 is 1.43.